The lowest BCUT2D eigenvalue weighted by atomic mass is 10.2. The van der Waals surface area contributed by atoms with Crippen LogP contribution in [0.3, 0.4) is 0 Å². The van der Waals surface area contributed by atoms with Crippen molar-refractivity contribution in [2.24, 2.45) is 0 Å². The molecule has 1 aromatic heterocycles. The first-order chi connectivity index (χ1) is 11.9. The summed E-state index contributed by atoms with van der Waals surface area (Å²) in [4.78, 5) is 26.4. The maximum atomic E-state index is 12.2. The van der Waals surface area contributed by atoms with Gasteiger partial charge in [0.2, 0.25) is 5.91 Å². The second-order valence-electron chi connectivity index (χ2n) is 5.66. The number of benzene rings is 1. The third kappa shape index (κ3) is 5.56. The molecule has 25 heavy (non-hydrogen) atoms. The van der Waals surface area contributed by atoms with Gasteiger partial charge in [0, 0.05) is 11.6 Å². The molecule has 0 bridgehead atoms. The van der Waals surface area contributed by atoms with Gasteiger partial charge in [0.25, 0.3) is 0 Å². The van der Waals surface area contributed by atoms with Gasteiger partial charge in [-0.25, -0.2) is 4.79 Å². The van der Waals surface area contributed by atoms with Gasteiger partial charge in [-0.15, -0.1) is 11.3 Å². The van der Waals surface area contributed by atoms with E-state index in [1.165, 1.54) is 11.3 Å². The molecule has 0 spiro atoms. The van der Waals surface area contributed by atoms with Crippen LogP contribution in [0.5, 0.6) is 0 Å². The average Bonchev–Trinajstić information content (AvgIpc) is 2.90. The first-order valence-corrected chi connectivity index (χ1v) is 9.09. The first-order valence-electron chi connectivity index (χ1n) is 7.90. The number of esters is 1. The van der Waals surface area contributed by atoms with Crippen LogP contribution in [0, 0.1) is 6.92 Å². The number of rotatable bonds is 7. The van der Waals surface area contributed by atoms with E-state index in [1.807, 2.05) is 43.1 Å². The van der Waals surface area contributed by atoms with Crippen LogP contribution in [0.1, 0.15) is 27.7 Å². The molecule has 1 amide bonds. The minimum Gasteiger partial charge on any atom is -0.462 e. The van der Waals surface area contributed by atoms with Gasteiger partial charge in [0.15, 0.2) is 0 Å². The fourth-order valence-corrected chi connectivity index (χ4v) is 3.52. The van der Waals surface area contributed by atoms with Crippen molar-refractivity contribution in [1.29, 1.82) is 0 Å². The number of aryl methyl sites for hydroxylation is 1. The van der Waals surface area contributed by atoms with Gasteiger partial charge >= 0.3 is 5.97 Å². The second-order valence-corrected chi connectivity index (χ2v) is 7.11. The van der Waals surface area contributed by atoms with Gasteiger partial charge in [0.05, 0.1) is 18.2 Å². The highest BCUT2D eigenvalue weighted by molar-refractivity contribution is 7.18. The van der Waals surface area contributed by atoms with E-state index in [-0.39, 0.29) is 18.4 Å². The lowest BCUT2D eigenvalue weighted by Crippen LogP contribution is -2.29. The molecule has 0 atom stereocenters. The predicted octanol–water partition coefficient (Wildman–Crippen LogP) is 3.96. The molecule has 1 N–H and O–H groups in total. The van der Waals surface area contributed by atoms with E-state index < -0.39 is 0 Å². The number of halogens is 1. The lowest BCUT2D eigenvalue weighted by molar-refractivity contribution is -0.117. The van der Waals surface area contributed by atoms with Crippen LogP contribution in [-0.2, 0) is 16.1 Å². The number of nitrogens with one attached hydrogen (secondary N) is 1. The Morgan fingerprint density at radius 1 is 1.32 bits per heavy atom. The number of hydrogen-bond acceptors (Lipinski definition) is 5. The fourth-order valence-electron chi connectivity index (χ4n) is 2.34. The summed E-state index contributed by atoms with van der Waals surface area (Å²) >= 11 is 7.36. The first kappa shape index (κ1) is 19.4. The van der Waals surface area contributed by atoms with E-state index >= 15 is 0 Å². The molecule has 0 radical (unpaired) electrons. The van der Waals surface area contributed by atoms with E-state index in [2.05, 4.69) is 5.32 Å². The third-order valence-corrected chi connectivity index (χ3v) is 4.95. The van der Waals surface area contributed by atoms with Crippen LogP contribution in [0.2, 0.25) is 5.02 Å². The highest BCUT2D eigenvalue weighted by Crippen LogP contribution is 2.27. The zero-order valence-corrected chi connectivity index (χ0v) is 16.0. The quantitative estimate of drug-likeness (QED) is 0.739. The molecule has 0 fully saturated rings. The highest BCUT2D eigenvalue weighted by Gasteiger charge is 2.16. The maximum Gasteiger partial charge on any atom is 0.348 e. The van der Waals surface area contributed by atoms with Crippen LogP contribution < -0.4 is 5.32 Å². The van der Waals surface area contributed by atoms with Gasteiger partial charge in [-0.1, -0.05) is 29.8 Å². The molecule has 0 saturated carbocycles. The van der Waals surface area contributed by atoms with E-state index in [4.69, 9.17) is 16.3 Å². The Hall–Kier alpha value is -1.89. The van der Waals surface area contributed by atoms with Crippen molar-refractivity contribution < 1.29 is 14.3 Å². The Labute approximate surface area is 156 Å². The van der Waals surface area contributed by atoms with Gasteiger partial charge in [-0.2, -0.15) is 0 Å². The standard InChI is InChI=1S/C18H21ClN2O3S/c1-4-24-18(23)17-12(2)9-16(25-17)20-15(22)11-21(3)10-13-7-5-6-8-14(13)19/h5-9H,4,10-11H2,1-3H3,(H,20,22). The zero-order chi connectivity index (χ0) is 18.4. The van der Waals surface area contributed by atoms with Crippen LogP contribution in [-0.4, -0.2) is 37.0 Å². The summed E-state index contributed by atoms with van der Waals surface area (Å²) in [7, 11) is 1.85. The van der Waals surface area contributed by atoms with Crippen molar-refractivity contribution in [2.45, 2.75) is 20.4 Å². The number of nitrogens with zero attached hydrogens (tertiary/aromatic N) is 1. The molecule has 2 aromatic rings. The van der Waals surface area contributed by atoms with Crippen molar-refractivity contribution in [1.82, 2.24) is 4.90 Å². The van der Waals surface area contributed by atoms with Crippen molar-refractivity contribution in [3.8, 4) is 0 Å². The molecule has 0 aliphatic rings. The van der Waals surface area contributed by atoms with E-state index in [0.717, 1.165) is 11.1 Å². The number of ether oxygens (including phenoxy) is 1. The molecular weight excluding hydrogens is 360 g/mol. The molecule has 1 heterocycles. The van der Waals surface area contributed by atoms with Crippen molar-refractivity contribution >= 4 is 39.8 Å². The summed E-state index contributed by atoms with van der Waals surface area (Å²) in [5.41, 5.74) is 1.76. The van der Waals surface area contributed by atoms with Crippen LogP contribution >= 0.6 is 22.9 Å². The Kier molecular flexibility index (Phi) is 6.99. The summed E-state index contributed by atoms with van der Waals surface area (Å²) in [5, 5.41) is 4.15. The highest BCUT2D eigenvalue weighted by atomic mass is 35.5. The second kappa shape index (κ2) is 8.99. The van der Waals surface area contributed by atoms with E-state index in [1.54, 1.807) is 13.0 Å². The topological polar surface area (TPSA) is 58.6 Å². The Morgan fingerprint density at radius 2 is 2.04 bits per heavy atom. The number of carbonyl (C=O) groups is 2. The van der Waals surface area contributed by atoms with Crippen molar-refractivity contribution in [3.63, 3.8) is 0 Å². The Balaban J connectivity index is 1.93. The van der Waals surface area contributed by atoms with Gasteiger partial charge in [-0.3, -0.25) is 9.69 Å². The molecule has 7 heteroatoms. The summed E-state index contributed by atoms with van der Waals surface area (Å²) in [6.07, 6.45) is 0. The number of carbonyl (C=O) groups excluding carboxylic acids is 2. The SMILES string of the molecule is CCOC(=O)c1sc(NC(=O)CN(C)Cc2ccccc2Cl)cc1C. The molecule has 2 rings (SSSR count). The zero-order valence-electron chi connectivity index (χ0n) is 14.5. The van der Waals surface area contributed by atoms with Crippen molar-refractivity contribution in [3.05, 3.63) is 51.4 Å². The lowest BCUT2D eigenvalue weighted by Gasteiger charge is -2.16. The largest absolute Gasteiger partial charge is 0.462 e. The molecule has 1 aromatic carbocycles. The number of anilines is 1. The van der Waals surface area contributed by atoms with Crippen LogP contribution in [0.4, 0.5) is 5.00 Å². The fraction of sp³-hybridized carbons (Fsp3) is 0.333. The average molecular weight is 381 g/mol. The van der Waals surface area contributed by atoms with Gasteiger partial charge in [-0.05, 0) is 44.2 Å². The summed E-state index contributed by atoms with van der Waals surface area (Å²) in [6.45, 7) is 4.70. The molecule has 0 aliphatic carbocycles. The molecule has 5 nitrogen and oxygen atoms in total. The smallest absolute Gasteiger partial charge is 0.348 e. The van der Waals surface area contributed by atoms with E-state index in [0.29, 0.717) is 28.1 Å². The Bertz CT molecular complexity index is 761. The number of likely N-dealkylation sites (N-methyl/N-ethyl adjacent to an activating group) is 1. The Morgan fingerprint density at radius 3 is 2.72 bits per heavy atom. The summed E-state index contributed by atoms with van der Waals surface area (Å²) < 4.78 is 5.01. The van der Waals surface area contributed by atoms with Gasteiger partial charge in [0.1, 0.15) is 4.88 Å². The van der Waals surface area contributed by atoms with Crippen LogP contribution in [0.25, 0.3) is 0 Å². The third-order valence-electron chi connectivity index (χ3n) is 3.45. The normalized spacial score (nSPS) is 10.8. The summed E-state index contributed by atoms with van der Waals surface area (Å²) in [5.74, 6) is -0.507. The number of amides is 1. The van der Waals surface area contributed by atoms with Crippen molar-refractivity contribution in [2.75, 3.05) is 25.5 Å². The molecule has 134 valence electrons. The van der Waals surface area contributed by atoms with Crippen LogP contribution in [0.15, 0.2) is 30.3 Å². The monoisotopic (exact) mass is 380 g/mol. The molecule has 0 aliphatic heterocycles. The molecule has 0 unspecified atom stereocenters. The summed E-state index contributed by atoms with van der Waals surface area (Å²) in [6, 6.07) is 9.34. The number of thiophene rings is 1. The number of hydrogen-bond donors (Lipinski definition) is 1. The minimum atomic E-state index is -0.360. The maximum absolute atomic E-state index is 12.2. The van der Waals surface area contributed by atoms with E-state index in [9.17, 15) is 9.59 Å². The van der Waals surface area contributed by atoms with Gasteiger partial charge < -0.3 is 10.1 Å². The minimum absolute atomic E-state index is 0.147. The predicted molar refractivity (Wildman–Crippen MR) is 101 cm³/mol. The molecular formula is C18H21ClN2O3S. The molecule has 0 saturated heterocycles.